The highest BCUT2D eigenvalue weighted by Crippen LogP contribution is 2.29. The molecular formula is C13H7Cl3N2O2. The predicted octanol–water partition coefficient (Wildman–Crippen LogP) is 5.31. The van der Waals surface area contributed by atoms with Crippen LogP contribution >= 0.6 is 34.8 Å². The van der Waals surface area contributed by atoms with E-state index in [9.17, 15) is 10.1 Å². The monoisotopic (exact) mass is 328 g/mol. The third-order valence-corrected chi connectivity index (χ3v) is 3.61. The molecule has 0 amide bonds. The van der Waals surface area contributed by atoms with Gasteiger partial charge in [-0.15, -0.1) is 0 Å². The minimum Gasteiger partial charge on any atom is -0.258 e. The minimum absolute atomic E-state index is 0.0646. The summed E-state index contributed by atoms with van der Waals surface area (Å²) in [6, 6.07) is 9.42. The summed E-state index contributed by atoms with van der Waals surface area (Å²) in [6.07, 6.45) is 1.49. The summed E-state index contributed by atoms with van der Waals surface area (Å²) in [5.74, 6) is 0. The van der Waals surface area contributed by atoms with E-state index >= 15 is 0 Å². The maximum Gasteiger partial charge on any atom is 0.290 e. The lowest BCUT2D eigenvalue weighted by Crippen LogP contribution is -1.88. The van der Waals surface area contributed by atoms with Gasteiger partial charge in [0.25, 0.3) is 5.69 Å². The van der Waals surface area contributed by atoms with E-state index in [2.05, 4.69) is 4.99 Å². The summed E-state index contributed by atoms with van der Waals surface area (Å²) in [5, 5.41) is 11.6. The molecule has 0 aliphatic carbocycles. The van der Waals surface area contributed by atoms with Crippen LogP contribution in [0, 0.1) is 10.1 Å². The number of rotatable bonds is 3. The van der Waals surface area contributed by atoms with Gasteiger partial charge in [0.05, 0.1) is 20.7 Å². The summed E-state index contributed by atoms with van der Waals surface area (Å²) in [5.41, 5.74) is 0.826. The first-order chi connectivity index (χ1) is 9.49. The summed E-state index contributed by atoms with van der Waals surface area (Å²) in [4.78, 5) is 14.3. The van der Waals surface area contributed by atoms with E-state index in [4.69, 9.17) is 34.8 Å². The topological polar surface area (TPSA) is 55.5 Å². The zero-order valence-corrected chi connectivity index (χ0v) is 12.2. The van der Waals surface area contributed by atoms with Gasteiger partial charge in [-0.1, -0.05) is 46.9 Å². The van der Waals surface area contributed by atoms with E-state index in [0.717, 1.165) is 0 Å². The molecule has 20 heavy (non-hydrogen) atoms. The van der Waals surface area contributed by atoms with Crippen molar-refractivity contribution in [3.63, 3.8) is 0 Å². The first-order valence-electron chi connectivity index (χ1n) is 5.41. The van der Waals surface area contributed by atoms with Crippen molar-refractivity contribution in [2.45, 2.75) is 0 Å². The second-order valence-electron chi connectivity index (χ2n) is 3.79. The van der Waals surface area contributed by atoms with Crippen LogP contribution in [0.25, 0.3) is 0 Å². The number of halogens is 3. The Hall–Kier alpha value is -1.62. The average Bonchev–Trinajstić information content (AvgIpc) is 2.41. The van der Waals surface area contributed by atoms with Crippen molar-refractivity contribution in [1.82, 2.24) is 0 Å². The van der Waals surface area contributed by atoms with Gasteiger partial charge in [0.1, 0.15) is 5.02 Å². The van der Waals surface area contributed by atoms with Crippen molar-refractivity contribution < 1.29 is 4.92 Å². The molecule has 0 unspecified atom stereocenters. The Morgan fingerprint density at radius 3 is 2.55 bits per heavy atom. The van der Waals surface area contributed by atoms with Gasteiger partial charge in [-0.05, 0) is 18.2 Å². The molecule has 0 saturated heterocycles. The molecule has 2 rings (SSSR count). The third-order valence-electron chi connectivity index (χ3n) is 2.46. The Labute approximate surface area is 129 Å². The van der Waals surface area contributed by atoms with E-state index < -0.39 is 4.92 Å². The molecule has 2 aromatic carbocycles. The summed E-state index contributed by atoms with van der Waals surface area (Å²) >= 11 is 17.6. The van der Waals surface area contributed by atoms with Gasteiger partial charge < -0.3 is 0 Å². The summed E-state index contributed by atoms with van der Waals surface area (Å²) < 4.78 is 0. The molecule has 4 nitrogen and oxygen atoms in total. The van der Waals surface area contributed by atoms with Gasteiger partial charge in [0.15, 0.2) is 0 Å². The van der Waals surface area contributed by atoms with Crippen LogP contribution in [-0.2, 0) is 0 Å². The highest BCUT2D eigenvalue weighted by Gasteiger charge is 2.12. The van der Waals surface area contributed by atoms with E-state index in [1.165, 1.54) is 18.3 Å². The fourth-order valence-corrected chi connectivity index (χ4v) is 2.03. The molecule has 102 valence electrons. The van der Waals surface area contributed by atoms with Crippen LogP contribution in [0.1, 0.15) is 5.56 Å². The highest BCUT2D eigenvalue weighted by atomic mass is 35.5. The van der Waals surface area contributed by atoms with Crippen LogP contribution in [0.5, 0.6) is 0 Å². The van der Waals surface area contributed by atoms with Crippen molar-refractivity contribution in [3.05, 3.63) is 67.1 Å². The maximum atomic E-state index is 10.8. The number of hydrogen-bond acceptors (Lipinski definition) is 3. The first kappa shape index (κ1) is 14.8. The number of nitro groups is 1. The Morgan fingerprint density at radius 1 is 1.10 bits per heavy atom. The summed E-state index contributed by atoms with van der Waals surface area (Å²) in [7, 11) is 0. The molecular weight excluding hydrogens is 323 g/mol. The standard InChI is InChI=1S/C13H7Cl3N2O2/c14-10-5-4-9(6-12(10)18(19)20)17-7-8-2-1-3-11(15)13(8)16/h1-7H. The molecule has 0 N–H and O–H groups in total. The van der Waals surface area contributed by atoms with Crippen molar-refractivity contribution in [1.29, 1.82) is 0 Å². The van der Waals surface area contributed by atoms with Crippen molar-refractivity contribution in [2.24, 2.45) is 4.99 Å². The number of nitrogens with zero attached hydrogens (tertiary/aromatic N) is 2. The second kappa shape index (κ2) is 6.22. The zero-order chi connectivity index (χ0) is 14.7. The van der Waals surface area contributed by atoms with E-state index in [-0.39, 0.29) is 10.7 Å². The molecule has 0 aliphatic rings. The van der Waals surface area contributed by atoms with Gasteiger partial charge in [0.2, 0.25) is 0 Å². The Bertz CT molecular complexity index is 702. The van der Waals surface area contributed by atoms with Crippen LogP contribution in [0.2, 0.25) is 15.1 Å². The van der Waals surface area contributed by atoms with Crippen LogP contribution < -0.4 is 0 Å². The number of aliphatic imine (C=N–C) groups is 1. The van der Waals surface area contributed by atoms with Gasteiger partial charge in [-0.25, -0.2) is 0 Å². The normalized spacial score (nSPS) is 10.9. The fourth-order valence-electron chi connectivity index (χ4n) is 1.49. The summed E-state index contributed by atoms with van der Waals surface area (Å²) in [6.45, 7) is 0. The highest BCUT2D eigenvalue weighted by molar-refractivity contribution is 6.43. The van der Waals surface area contributed by atoms with Gasteiger partial charge in [0, 0.05) is 17.8 Å². The minimum atomic E-state index is -0.562. The molecule has 0 atom stereocenters. The largest absolute Gasteiger partial charge is 0.290 e. The molecule has 0 heterocycles. The average molecular weight is 330 g/mol. The Kier molecular flexibility index (Phi) is 4.60. The lowest BCUT2D eigenvalue weighted by atomic mass is 10.2. The molecule has 2 aromatic rings. The van der Waals surface area contributed by atoms with Crippen molar-refractivity contribution in [3.8, 4) is 0 Å². The first-order valence-corrected chi connectivity index (χ1v) is 6.54. The maximum absolute atomic E-state index is 10.8. The Balaban J connectivity index is 2.34. The quantitative estimate of drug-likeness (QED) is 0.435. The van der Waals surface area contributed by atoms with Gasteiger partial charge in [-0.3, -0.25) is 15.1 Å². The lowest BCUT2D eigenvalue weighted by Gasteiger charge is -2.00. The molecule has 0 aliphatic heterocycles. The molecule has 0 aromatic heterocycles. The molecule has 0 fully saturated rings. The molecule has 0 bridgehead atoms. The molecule has 0 radical (unpaired) electrons. The van der Waals surface area contributed by atoms with Crippen LogP contribution in [-0.4, -0.2) is 11.1 Å². The fraction of sp³-hybridized carbons (Fsp3) is 0. The SMILES string of the molecule is O=[N+]([O-])c1cc(N=Cc2cccc(Cl)c2Cl)ccc1Cl. The van der Waals surface area contributed by atoms with Crippen molar-refractivity contribution >= 4 is 52.4 Å². The van der Waals surface area contributed by atoms with E-state index in [1.807, 2.05) is 0 Å². The van der Waals surface area contributed by atoms with Gasteiger partial charge in [-0.2, -0.15) is 0 Å². The number of nitro benzene ring substituents is 1. The number of hydrogen-bond donors (Lipinski definition) is 0. The van der Waals surface area contributed by atoms with Gasteiger partial charge >= 0.3 is 0 Å². The van der Waals surface area contributed by atoms with Crippen LogP contribution in [0.4, 0.5) is 11.4 Å². The third kappa shape index (κ3) is 3.28. The predicted molar refractivity (Wildman–Crippen MR) is 81.8 cm³/mol. The van der Waals surface area contributed by atoms with E-state index in [1.54, 1.807) is 24.3 Å². The van der Waals surface area contributed by atoms with Crippen molar-refractivity contribution in [2.75, 3.05) is 0 Å². The van der Waals surface area contributed by atoms with E-state index in [0.29, 0.717) is 21.3 Å². The zero-order valence-electron chi connectivity index (χ0n) is 9.89. The number of benzene rings is 2. The smallest absolute Gasteiger partial charge is 0.258 e. The molecule has 7 heteroatoms. The van der Waals surface area contributed by atoms with Crippen LogP contribution in [0.15, 0.2) is 41.4 Å². The van der Waals surface area contributed by atoms with Crippen LogP contribution in [0.3, 0.4) is 0 Å². The second-order valence-corrected chi connectivity index (χ2v) is 4.99. The Morgan fingerprint density at radius 2 is 1.85 bits per heavy atom. The molecule has 0 spiro atoms. The molecule has 0 saturated carbocycles. The lowest BCUT2D eigenvalue weighted by molar-refractivity contribution is -0.384.